The first-order valence-corrected chi connectivity index (χ1v) is 9.82. The standard InChI is InChI=1S/C16H22ClNO3S/c1-13-12-22(20,21)11-10-18(13)16(19)5-3-2-4-14-6-8-15(17)9-7-14/h6-9,13H,2-5,10-12H2,1H3/t13-/m0/s1. The Labute approximate surface area is 137 Å². The molecule has 0 saturated carbocycles. The normalized spacial score (nSPS) is 20.8. The Morgan fingerprint density at radius 2 is 1.95 bits per heavy atom. The monoisotopic (exact) mass is 343 g/mol. The van der Waals surface area contributed by atoms with Crippen molar-refractivity contribution in [3.05, 3.63) is 34.9 Å². The van der Waals surface area contributed by atoms with E-state index < -0.39 is 9.84 Å². The van der Waals surface area contributed by atoms with E-state index in [0.717, 1.165) is 24.3 Å². The van der Waals surface area contributed by atoms with Crippen LogP contribution in [0.3, 0.4) is 0 Å². The van der Waals surface area contributed by atoms with Crippen LogP contribution in [0.2, 0.25) is 5.02 Å². The molecule has 0 aliphatic carbocycles. The third-order valence-corrected chi connectivity index (χ3v) is 6.06. The van der Waals surface area contributed by atoms with Gasteiger partial charge in [0.1, 0.15) is 0 Å². The summed E-state index contributed by atoms with van der Waals surface area (Å²) in [4.78, 5) is 13.9. The molecule has 1 atom stereocenters. The fourth-order valence-electron chi connectivity index (χ4n) is 2.77. The van der Waals surface area contributed by atoms with Crippen molar-refractivity contribution in [3.63, 3.8) is 0 Å². The number of hydrogen-bond acceptors (Lipinski definition) is 3. The van der Waals surface area contributed by atoms with Crippen molar-refractivity contribution >= 4 is 27.3 Å². The van der Waals surface area contributed by atoms with E-state index in [2.05, 4.69) is 0 Å². The molecule has 0 spiro atoms. The predicted octanol–water partition coefficient (Wildman–Crippen LogP) is 2.70. The number of benzene rings is 1. The van der Waals surface area contributed by atoms with E-state index in [-0.39, 0.29) is 23.5 Å². The highest BCUT2D eigenvalue weighted by Crippen LogP contribution is 2.15. The van der Waals surface area contributed by atoms with Crippen molar-refractivity contribution in [1.82, 2.24) is 4.90 Å². The SMILES string of the molecule is C[C@H]1CS(=O)(=O)CCN1C(=O)CCCCc1ccc(Cl)cc1. The van der Waals surface area contributed by atoms with Crippen molar-refractivity contribution in [2.45, 2.75) is 38.6 Å². The lowest BCUT2D eigenvalue weighted by atomic mass is 10.1. The molecule has 0 radical (unpaired) electrons. The van der Waals surface area contributed by atoms with Gasteiger partial charge in [-0.1, -0.05) is 23.7 Å². The number of halogens is 1. The molecule has 1 fully saturated rings. The molecule has 1 heterocycles. The molecule has 0 unspecified atom stereocenters. The van der Waals surface area contributed by atoms with Gasteiger partial charge in [0.25, 0.3) is 0 Å². The molecule has 6 heteroatoms. The number of aryl methyl sites for hydroxylation is 1. The lowest BCUT2D eigenvalue weighted by Crippen LogP contribution is -2.49. The summed E-state index contributed by atoms with van der Waals surface area (Å²) in [5.41, 5.74) is 1.22. The van der Waals surface area contributed by atoms with Crippen molar-refractivity contribution in [3.8, 4) is 0 Å². The Balaban J connectivity index is 1.73. The molecular weight excluding hydrogens is 322 g/mol. The predicted molar refractivity (Wildman–Crippen MR) is 88.8 cm³/mol. The molecule has 1 aliphatic heterocycles. The van der Waals surface area contributed by atoms with Crippen molar-refractivity contribution in [2.75, 3.05) is 18.1 Å². The molecule has 1 saturated heterocycles. The summed E-state index contributed by atoms with van der Waals surface area (Å²) < 4.78 is 23.0. The van der Waals surface area contributed by atoms with Gasteiger partial charge in [-0.15, -0.1) is 0 Å². The van der Waals surface area contributed by atoms with E-state index in [1.54, 1.807) is 4.90 Å². The second-order valence-electron chi connectivity index (χ2n) is 5.88. The van der Waals surface area contributed by atoms with E-state index >= 15 is 0 Å². The molecule has 0 bridgehead atoms. The highest BCUT2D eigenvalue weighted by atomic mass is 35.5. The van der Waals surface area contributed by atoms with E-state index in [1.165, 1.54) is 5.56 Å². The maximum absolute atomic E-state index is 12.2. The average Bonchev–Trinajstić information content (AvgIpc) is 2.44. The van der Waals surface area contributed by atoms with Crippen LogP contribution in [-0.4, -0.2) is 43.3 Å². The zero-order valence-corrected chi connectivity index (χ0v) is 14.4. The summed E-state index contributed by atoms with van der Waals surface area (Å²) in [6, 6.07) is 7.54. The van der Waals surface area contributed by atoms with Gasteiger partial charge in [-0.2, -0.15) is 0 Å². The molecule has 1 aromatic rings. The molecule has 22 heavy (non-hydrogen) atoms. The van der Waals surface area contributed by atoms with Crippen LogP contribution in [0.25, 0.3) is 0 Å². The number of sulfone groups is 1. The number of carbonyl (C=O) groups is 1. The molecule has 4 nitrogen and oxygen atoms in total. The quantitative estimate of drug-likeness (QED) is 0.772. The minimum Gasteiger partial charge on any atom is -0.338 e. The van der Waals surface area contributed by atoms with Crippen LogP contribution in [0.15, 0.2) is 24.3 Å². The van der Waals surface area contributed by atoms with Gasteiger partial charge in [0.05, 0.1) is 11.5 Å². The van der Waals surface area contributed by atoms with Gasteiger partial charge in [0.2, 0.25) is 5.91 Å². The number of rotatable bonds is 5. The van der Waals surface area contributed by atoms with Crippen molar-refractivity contribution in [1.29, 1.82) is 0 Å². The fraction of sp³-hybridized carbons (Fsp3) is 0.562. The van der Waals surface area contributed by atoms with Crippen LogP contribution in [0.1, 0.15) is 31.7 Å². The highest BCUT2D eigenvalue weighted by Gasteiger charge is 2.30. The maximum Gasteiger partial charge on any atom is 0.222 e. The highest BCUT2D eigenvalue weighted by molar-refractivity contribution is 7.91. The van der Waals surface area contributed by atoms with Crippen LogP contribution in [0, 0.1) is 0 Å². The lowest BCUT2D eigenvalue weighted by molar-refractivity contribution is -0.132. The van der Waals surface area contributed by atoms with Gasteiger partial charge >= 0.3 is 0 Å². The Hall–Kier alpha value is -1.07. The van der Waals surface area contributed by atoms with Gasteiger partial charge in [0, 0.05) is 24.0 Å². The lowest BCUT2D eigenvalue weighted by Gasteiger charge is -2.33. The smallest absolute Gasteiger partial charge is 0.222 e. The van der Waals surface area contributed by atoms with Crippen LogP contribution in [-0.2, 0) is 21.1 Å². The summed E-state index contributed by atoms with van der Waals surface area (Å²) >= 11 is 5.84. The van der Waals surface area contributed by atoms with E-state index in [4.69, 9.17) is 11.6 Å². The number of carbonyl (C=O) groups excluding carboxylic acids is 1. The zero-order chi connectivity index (χ0) is 16.2. The van der Waals surface area contributed by atoms with Gasteiger partial charge < -0.3 is 4.90 Å². The third kappa shape index (κ3) is 4.99. The minimum absolute atomic E-state index is 0.0681. The van der Waals surface area contributed by atoms with Crippen LogP contribution < -0.4 is 0 Å². The number of hydrogen-bond donors (Lipinski definition) is 0. The maximum atomic E-state index is 12.2. The largest absolute Gasteiger partial charge is 0.338 e. The number of nitrogens with zero attached hydrogens (tertiary/aromatic N) is 1. The summed E-state index contributed by atoms with van der Waals surface area (Å²) in [5.74, 6) is 0.246. The molecule has 1 amide bonds. The average molecular weight is 344 g/mol. The van der Waals surface area contributed by atoms with E-state index in [9.17, 15) is 13.2 Å². The second kappa shape index (κ2) is 7.47. The van der Waals surface area contributed by atoms with Gasteiger partial charge in [0.15, 0.2) is 9.84 Å². The molecule has 2 rings (SSSR count). The first kappa shape index (κ1) is 17.3. The van der Waals surface area contributed by atoms with Crippen molar-refractivity contribution in [2.24, 2.45) is 0 Å². The molecule has 0 aromatic heterocycles. The Morgan fingerprint density at radius 3 is 2.59 bits per heavy atom. The summed E-state index contributed by atoms with van der Waals surface area (Å²) in [7, 11) is -2.97. The summed E-state index contributed by atoms with van der Waals surface area (Å²) in [6.07, 6.45) is 3.16. The zero-order valence-electron chi connectivity index (χ0n) is 12.8. The molecular formula is C16H22ClNO3S. The molecule has 0 N–H and O–H groups in total. The van der Waals surface area contributed by atoms with Crippen molar-refractivity contribution < 1.29 is 13.2 Å². The second-order valence-corrected chi connectivity index (χ2v) is 8.55. The molecule has 1 aromatic carbocycles. The Morgan fingerprint density at radius 1 is 1.27 bits per heavy atom. The molecule has 122 valence electrons. The van der Waals surface area contributed by atoms with Gasteiger partial charge in [-0.05, 0) is 43.9 Å². The fourth-order valence-corrected chi connectivity index (χ4v) is 4.45. The minimum atomic E-state index is -2.97. The van der Waals surface area contributed by atoms with Gasteiger partial charge in [-0.3, -0.25) is 4.79 Å². The Bertz CT molecular complexity index is 613. The van der Waals surface area contributed by atoms with Crippen LogP contribution in [0.5, 0.6) is 0 Å². The number of unbranched alkanes of at least 4 members (excludes halogenated alkanes) is 1. The Kier molecular flexibility index (Phi) is 5.87. The topological polar surface area (TPSA) is 54.5 Å². The third-order valence-electron chi connectivity index (χ3n) is 4.01. The first-order valence-electron chi connectivity index (χ1n) is 7.62. The van der Waals surface area contributed by atoms with Crippen LogP contribution in [0.4, 0.5) is 0 Å². The summed E-state index contributed by atoms with van der Waals surface area (Å²) in [5, 5.41) is 0.730. The van der Waals surface area contributed by atoms with Crippen LogP contribution >= 0.6 is 11.6 Å². The molecule has 1 aliphatic rings. The summed E-state index contributed by atoms with van der Waals surface area (Å²) in [6.45, 7) is 2.14. The number of amides is 1. The van der Waals surface area contributed by atoms with E-state index in [1.807, 2.05) is 31.2 Å². The van der Waals surface area contributed by atoms with E-state index in [0.29, 0.717) is 13.0 Å². The van der Waals surface area contributed by atoms with Gasteiger partial charge in [-0.25, -0.2) is 8.42 Å². The first-order chi connectivity index (χ1) is 10.4.